The van der Waals surface area contributed by atoms with E-state index in [2.05, 4.69) is 53.4 Å². The van der Waals surface area contributed by atoms with Crippen LogP contribution in [0.15, 0.2) is 10.4 Å². The number of morpholine rings is 1. The smallest absolute Gasteiger partial charge is 0.191 e. The maximum absolute atomic E-state index is 5.56. The van der Waals surface area contributed by atoms with Crippen LogP contribution in [-0.4, -0.2) is 72.3 Å². The molecule has 6 nitrogen and oxygen atoms in total. The average Bonchev–Trinajstić information content (AvgIpc) is 3.35. The quantitative estimate of drug-likeness (QED) is 0.531. The van der Waals surface area contributed by atoms with Gasteiger partial charge in [-0.3, -0.25) is 4.90 Å². The normalized spacial score (nSPS) is 24.5. The number of aliphatic imine (C=N–C) groups is 1. The predicted octanol–water partition coefficient (Wildman–Crippen LogP) is 2.53. The Bertz CT molecular complexity index is 607. The lowest BCUT2D eigenvalue weighted by atomic mass is 9.95. The van der Waals surface area contributed by atoms with E-state index in [4.69, 9.17) is 14.7 Å². The van der Waals surface area contributed by atoms with Crippen molar-refractivity contribution in [3.8, 4) is 0 Å². The van der Waals surface area contributed by atoms with E-state index in [1.54, 1.807) is 11.3 Å². The molecular weight excluding hydrogens is 378 g/mol. The summed E-state index contributed by atoms with van der Waals surface area (Å²) in [6, 6.07) is 0. The summed E-state index contributed by atoms with van der Waals surface area (Å²) in [6.45, 7) is 12.7. The second kappa shape index (κ2) is 10.1. The lowest BCUT2D eigenvalue weighted by Gasteiger charge is -2.43. The topological polar surface area (TPSA) is 61.8 Å². The Balaban J connectivity index is 1.61. The van der Waals surface area contributed by atoms with Crippen molar-refractivity contribution >= 4 is 29.1 Å². The Morgan fingerprint density at radius 3 is 2.81 bits per heavy atom. The maximum atomic E-state index is 5.56. The second-order valence-electron chi connectivity index (χ2n) is 7.50. The van der Waals surface area contributed by atoms with Crippen LogP contribution in [0.1, 0.15) is 43.8 Å². The van der Waals surface area contributed by atoms with Gasteiger partial charge in [-0.15, -0.1) is 11.3 Å². The van der Waals surface area contributed by atoms with Crippen LogP contribution in [0.5, 0.6) is 0 Å². The molecular formula is C19H33N5OS2. The van der Waals surface area contributed by atoms with Crippen LogP contribution in [0.4, 0.5) is 0 Å². The van der Waals surface area contributed by atoms with Crippen LogP contribution < -0.4 is 10.6 Å². The molecule has 0 amide bonds. The van der Waals surface area contributed by atoms with Crippen molar-refractivity contribution in [2.24, 2.45) is 4.99 Å². The van der Waals surface area contributed by atoms with Gasteiger partial charge in [0, 0.05) is 42.9 Å². The van der Waals surface area contributed by atoms with Gasteiger partial charge in [0.1, 0.15) is 5.01 Å². The summed E-state index contributed by atoms with van der Waals surface area (Å²) < 4.78 is 5.56. The minimum absolute atomic E-state index is 0.219. The number of nitrogens with one attached hydrogen (secondary N) is 2. The molecule has 0 saturated carbocycles. The number of hydrogen-bond donors (Lipinski definition) is 2. The highest BCUT2D eigenvalue weighted by Crippen LogP contribution is 2.33. The van der Waals surface area contributed by atoms with Gasteiger partial charge in [0.25, 0.3) is 0 Å². The summed E-state index contributed by atoms with van der Waals surface area (Å²) in [4.78, 5) is 12.1. The fraction of sp³-hybridized carbons (Fsp3) is 0.789. The Morgan fingerprint density at radius 2 is 2.19 bits per heavy atom. The van der Waals surface area contributed by atoms with Gasteiger partial charge in [-0.05, 0) is 25.0 Å². The number of thiazole rings is 1. The van der Waals surface area contributed by atoms with Crippen molar-refractivity contribution < 1.29 is 4.74 Å². The highest BCUT2D eigenvalue weighted by atomic mass is 32.2. The van der Waals surface area contributed by atoms with Crippen LogP contribution >= 0.6 is 23.1 Å². The van der Waals surface area contributed by atoms with Crippen LogP contribution in [0.3, 0.4) is 0 Å². The van der Waals surface area contributed by atoms with E-state index < -0.39 is 0 Å². The number of ether oxygens (including phenoxy) is 1. The van der Waals surface area contributed by atoms with Crippen LogP contribution in [0, 0.1) is 0 Å². The standard InChI is InChI=1S/C19H33N5OS2/c1-4-20-18(21-11-17-23-16(12-27-17)15(2)3)22-13-19(5-10-26-14-19)24-6-8-25-9-7-24/h12,15H,4-11,13-14H2,1-3H3,(H2,20,21,22). The molecule has 2 aliphatic heterocycles. The van der Waals surface area contributed by atoms with Crippen LogP contribution in [0.2, 0.25) is 0 Å². The fourth-order valence-electron chi connectivity index (χ4n) is 3.53. The van der Waals surface area contributed by atoms with Crippen molar-refractivity contribution in [2.45, 2.75) is 45.2 Å². The van der Waals surface area contributed by atoms with E-state index in [1.165, 1.54) is 17.9 Å². The van der Waals surface area contributed by atoms with Gasteiger partial charge in [-0.1, -0.05) is 13.8 Å². The summed E-state index contributed by atoms with van der Waals surface area (Å²) in [5.74, 6) is 3.79. The number of rotatable bonds is 7. The Morgan fingerprint density at radius 1 is 1.37 bits per heavy atom. The summed E-state index contributed by atoms with van der Waals surface area (Å²) >= 11 is 3.77. The first-order chi connectivity index (χ1) is 13.1. The summed E-state index contributed by atoms with van der Waals surface area (Å²) in [5, 5.41) is 10.2. The van der Waals surface area contributed by atoms with Crippen molar-refractivity contribution in [1.29, 1.82) is 0 Å². The molecule has 8 heteroatoms. The molecule has 3 heterocycles. The van der Waals surface area contributed by atoms with Gasteiger partial charge in [0.2, 0.25) is 0 Å². The number of thioether (sulfide) groups is 1. The third-order valence-corrected chi connectivity index (χ3v) is 7.31. The SMILES string of the molecule is CCNC(=NCc1nc(C(C)C)cs1)NCC1(N2CCOCC2)CCSC1. The molecule has 2 aliphatic rings. The molecule has 2 fully saturated rings. The minimum Gasteiger partial charge on any atom is -0.379 e. The van der Waals surface area contributed by atoms with E-state index >= 15 is 0 Å². The van der Waals surface area contributed by atoms with E-state index in [0.717, 1.165) is 56.1 Å². The lowest BCUT2D eigenvalue weighted by molar-refractivity contribution is -0.0120. The van der Waals surface area contributed by atoms with Gasteiger partial charge >= 0.3 is 0 Å². The lowest BCUT2D eigenvalue weighted by Crippen LogP contribution is -2.60. The molecule has 0 radical (unpaired) electrons. The highest BCUT2D eigenvalue weighted by molar-refractivity contribution is 7.99. The fourth-order valence-corrected chi connectivity index (χ4v) is 5.89. The molecule has 3 rings (SSSR count). The summed E-state index contributed by atoms with van der Waals surface area (Å²) in [6.07, 6.45) is 1.23. The molecule has 2 saturated heterocycles. The van der Waals surface area contributed by atoms with Crippen molar-refractivity contribution in [3.63, 3.8) is 0 Å². The number of guanidine groups is 1. The van der Waals surface area contributed by atoms with Gasteiger partial charge in [-0.25, -0.2) is 9.98 Å². The zero-order chi connectivity index (χ0) is 19.1. The number of nitrogens with zero attached hydrogens (tertiary/aromatic N) is 3. The Kier molecular flexibility index (Phi) is 7.81. The Labute approximate surface area is 171 Å². The molecule has 0 aromatic carbocycles. The first-order valence-electron chi connectivity index (χ1n) is 10.00. The molecule has 27 heavy (non-hydrogen) atoms. The minimum atomic E-state index is 0.219. The molecule has 152 valence electrons. The van der Waals surface area contributed by atoms with E-state index in [1.807, 2.05) is 0 Å². The van der Waals surface area contributed by atoms with Crippen molar-refractivity contribution in [3.05, 3.63) is 16.1 Å². The molecule has 1 unspecified atom stereocenters. The van der Waals surface area contributed by atoms with E-state index in [9.17, 15) is 0 Å². The van der Waals surface area contributed by atoms with Gasteiger partial charge in [-0.2, -0.15) is 11.8 Å². The zero-order valence-electron chi connectivity index (χ0n) is 16.8. The van der Waals surface area contributed by atoms with Gasteiger partial charge in [0.15, 0.2) is 5.96 Å². The predicted molar refractivity (Wildman–Crippen MR) is 116 cm³/mol. The summed E-state index contributed by atoms with van der Waals surface area (Å²) in [7, 11) is 0. The van der Waals surface area contributed by atoms with Crippen molar-refractivity contribution in [1.82, 2.24) is 20.5 Å². The second-order valence-corrected chi connectivity index (χ2v) is 9.54. The Hall–Kier alpha value is -0.830. The monoisotopic (exact) mass is 411 g/mol. The molecule has 0 aliphatic carbocycles. The van der Waals surface area contributed by atoms with E-state index in [0.29, 0.717) is 12.5 Å². The van der Waals surface area contributed by atoms with Gasteiger partial charge in [0.05, 0.1) is 25.5 Å². The maximum Gasteiger partial charge on any atom is 0.191 e. The number of aromatic nitrogens is 1. The molecule has 1 aromatic rings. The molecule has 0 bridgehead atoms. The average molecular weight is 412 g/mol. The third-order valence-electron chi connectivity index (χ3n) is 5.23. The van der Waals surface area contributed by atoms with Gasteiger partial charge < -0.3 is 15.4 Å². The number of hydrogen-bond acceptors (Lipinski definition) is 6. The van der Waals surface area contributed by atoms with Crippen LogP contribution in [-0.2, 0) is 11.3 Å². The first kappa shape index (κ1) is 20.9. The highest BCUT2D eigenvalue weighted by Gasteiger charge is 2.40. The summed E-state index contributed by atoms with van der Waals surface area (Å²) in [5.41, 5.74) is 1.38. The molecule has 1 aromatic heterocycles. The van der Waals surface area contributed by atoms with E-state index in [-0.39, 0.29) is 5.54 Å². The third kappa shape index (κ3) is 5.59. The molecule has 2 N–H and O–H groups in total. The first-order valence-corrected chi connectivity index (χ1v) is 12.0. The molecule has 0 spiro atoms. The largest absolute Gasteiger partial charge is 0.379 e. The zero-order valence-corrected chi connectivity index (χ0v) is 18.4. The van der Waals surface area contributed by atoms with Crippen molar-refractivity contribution in [2.75, 3.05) is 50.9 Å². The molecule has 1 atom stereocenters. The van der Waals surface area contributed by atoms with Crippen LogP contribution in [0.25, 0.3) is 0 Å².